The summed E-state index contributed by atoms with van der Waals surface area (Å²) in [5.74, 6) is 0.750. The largest absolute Gasteiger partial charge is 0.496 e. The van der Waals surface area contributed by atoms with Crippen molar-refractivity contribution in [1.29, 1.82) is 0 Å². The summed E-state index contributed by atoms with van der Waals surface area (Å²) >= 11 is 0. The molecule has 4 heteroatoms. The molecule has 1 heterocycles. The highest BCUT2D eigenvalue weighted by Gasteiger charge is 2.40. The first-order valence-corrected chi connectivity index (χ1v) is 9.76. The fourth-order valence-electron chi connectivity index (χ4n) is 4.10. The summed E-state index contributed by atoms with van der Waals surface area (Å²) in [5.41, 5.74) is 2.43. The Labute approximate surface area is 170 Å². The zero-order chi connectivity index (χ0) is 20.2. The van der Waals surface area contributed by atoms with Crippen molar-refractivity contribution in [2.75, 3.05) is 7.11 Å². The number of carbonyl (C=O) groups excluding carboxylic acids is 2. The predicted molar refractivity (Wildman–Crippen MR) is 112 cm³/mol. The zero-order valence-corrected chi connectivity index (χ0v) is 16.3. The van der Waals surface area contributed by atoms with Crippen LogP contribution in [-0.4, -0.2) is 23.7 Å². The minimum absolute atomic E-state index is 0.0807. The molecule has 1 aliphatic rings. The maximum absolute atomic E-state index is 13.6. The highest BCUT2D eigenvalue weighted by Crippen LogP contribution is 2.43. The first-order valence-electron chi connectivity index (χ1n) is 9.76. The van der Waals surface area contributed by atoms with Gasteiger partial charge < -0.3 is 9.64 Å². The van der Waals surface area contributed by atoms with Gasteiger partial charge in [-0.25, -0.2) is 0 Å². The number of amides is 1. The number of nitrogens with zero attached hydrogens (tertiary/aromatic N) is 1. The molecular weight excluding hydrogens is 362 g/mol. The number of benzene rings is 3. The normalized spacial score (nSPS) is 19.1. The topological polar surface area (TPSA) is 46.6 Å². The van der Waals surface area contributed by atoms with Crippen LogP contribution >= 0.6 is 0 Å². The number of rotatable bonds is 4. The van der Waals surface area contributed by atoms with Gasteiger partial charge in [-0.1, -0.05) is 66.7 Å². The van der Waals surface area contributed by atoms with E-state index in [1.54, 1.807) is 7.11 Å². The molecule has 0 spiro atoms. The van der Waals surface area contributed by atoms with Crippen molar-refractivity contribution < 1.29 is 14.3 Å². The van der Waals surface area contributed by atoms with Gasteiger partial charge in [0.2, 0.25) is 0 Å². The molecule has 3 aromatic carbocycles. The van der Waals surface area contributed by atoms with E-state index in [4.69, 9.17) is 4.74 Å². The molecule has 2 atom stereocenters. The number of hydrogen-bond acceptors (Lipinski definition) is 3. The van der Waals surface area contributed by atoms with Crippen LogP contribution in [0.2, 0.25) is 0 Å². The molecule has 0 N–H and O–H groups in total. The predicted octanol–water partition coefficient (Wildman–Crippen LogP) is 4.98. The van der Waals surface area contributed by atoms with Crippen molar-refractivity contribution in [3.8, 4) is 5.75 Å². The molecule has 0 aromatic heterocycles. The van der Waals surface area contributed by atoms with E-state index in [1.807, 2.05) is 89.8 Å². The van der Waals surface area contributed by atoms with Crippen molar-refractivity contribution >= 4 is 11.7 Å². The number of ketones is 1. The molecule has 146 valence electrons. The van der Waals surface area contributed by atoms with Crippen LogP contribution in [0.4, 0.5) is 0 Å². The second-order valence-corrected chi connectivity index (χ2v) is 7.21. The molecule has 1 saturated heterocycles. The highest BCUT2D eigenvalue weighted by atomic mass is 16.5. The van der Waals surface area contributed by atoms with Gasteiger partial charge in [0, 0.05) is 24.0 Å². The van der Waals surface area contributed by atoms with Crippen LogP contribution in [0.15, 0.2) is 84.9 Å². The molecule has 0 saturated carbocycles. The summed E-state index contributed by atoms with van der Waals surface area (Å²) in [6, 6.07) is 26.0. The number of ether oxygens (including phenoxy) is 1. The molecular formula is C25H23NO3. The van der Waals surface area contributed by atoms with Crippen LogP contribution in [-0.2, 0) is 4.79 Å². The van der Waals surface area contributed by atoms with Gasteiger partial charge in [0.25, 0.3) is 5.91 Å². The number of carbonyl (C=O) groups is 2. The lowest BCUT2D eigenvalue weighted by atomic mass is 9.85. The minimum Gasteiger partial charge on any atom is -0.496 e. The number of likely N-dealkylation sites (tertiary alicyclic amines) is 1. The van der Waals surface area contributed by atoms with E-state index in [0.29, 0.717) is 17.7 Å². The van der Waals surface area contributed by atoms with Crippen molar-refractivity contribution in [2.45, 2.75) is 24.9 Å². The molecule has 1 fully saturated rings. The zero-order valence-electron chi connectivity index (χ0n) is 16.3. The number of hydrogen-bond donors (Lipinski definition) is 0. The Morgan fingerprint density at radius 2 is 1.41 bits per heavy atom. The Bertz CT molecular complexity index is 1000. The van der Waals surface area contributed by atoms with Gasteiger partial charge in [-0.2, -0.15) is 0 Å². The van der Waals surface area contributed by atoms with Gasteiger partial charge in [-0.15, -0.1) is 0 Å². The van der Waals surface area contributed by atoms with E-state index in [1.165, 1.54) is 0 Å². The molecule has 1 aliphatic heterocycles. The van der Waals surface area contributed by atoms with Crippen LogP contribution in [0, 0.1) is 0 Å². The maximum atomic E-state index is 13.6. The van der Waals surface area contributed by atoms with Gasteiger partial charge in [-0.3, -0.25) is 9.59 Å². The van der Waals surface area contributed by atoms with E-state index >= 15 is 0 Å². The summed E-state index contributed by atoms with van der Waals surface area (Å²) in [6.07, 6.45) is 0.594. The summed E-state index contributed by atoms with van der Waals surface area (Å²) in [5, 5.41) is 0. The first-order chi connectivity index (χ1) is 14.2. The quantitative estimate of drug-likeness (QED) is 0.636. The SMILES string of the molecule is COc1ccccc1[C@H]1CC(=O)C[C@H](c2ccccc2)N1C(=O)c1ccccc1. The van der Waals surface area contributed by atoms with Crippen LogP contribution in [0.1, 0.15) is 46.4 Å². The van der Waals surface area contributed by atoms with E-state index in [-0.39, 0.29) is 30.2 Å². The first kappa shape index (κ1) is 18.9. The lowest BCUT2D eigenvalue weighted by molar-refractivity contribution is -0.124. The second-order valence-electron chi connectivity index (χ2n) is 7.21. The lowest BCUT2D eigenvalue weighted by Crippen LogP contribution is -2.43. The number of piperidine rings is 1. The summed E-state index contributed by atoms with van der Waals surface area (Å²) in [6.45, 7) is 0. The van der Waals surface area contributed by atoms with Crippen molar-refractivity contribution in [1.82, 2.24) is 4.90 Å². The van der Waals surface area contributed by atoms with Crippen LogP contribution in [0.3, 0.4) is 0 Å². The standard InChI is InChI=1S/C25H23NO3/c1-29-24-15-9-8-14-21(24)23-17-20(27)16-22(18-10-4-2-5-11-18)26(23)25(28)19-12-6-3-7-13-19/h2-15,22-23H,16-17H2,1H3/t22-,23-/m1/s1. The second kappa shape index (κ2) is 8.31. The van der Waals surface area contributed by atoms with Crippen LogP contribution < -0.4 is 4.74 Å². The Kier molecular flexibility index (Phi) is 5.43. The van der Waals surface area contributed by atoms with E-state index in [9.17, 15) is 9.59 Å². The van der Waals surface area contributed by atoms with Gasteiger partial charge in [-0.05, 0) is 23.8 Å². The molecule has 1 amide bonds. The molecule has 0 bridgehead atoms. The molecule has 4 rings (SSSR count). The smallest absolute Gasteiger partial charge is 0.254 e. The van der Waals surface area contributed by atoms with Crippen molar-refractivity contribution in [3.05, 3.63) is 102 Å². The van der Waals surface area contributed by atoms with Crippen LogP contribution in [0.25, 0.3) is 0 Å². The molecule has 4 nitrogen and oxygen atoms in total. The summed E-state index contributed by atoms with van der Waals surface area (Å²) in [7, 11) is 1.61. The third-order valence-corrected chi connectivity index (χ3v) is 5.45. The molecule has 0 unspecified atom stereocenters. The highest BCUT2D eigenvalue weighted by molar-refractivity contribution is 5.96. The Morgan fingerprint density at radius 3 is 2.10 bits per heavy atom. The van der Waals surface area contributed by atoms with Gasteiger partial charge in [0.1, 0.15) is 11.5 Å². The number of Topliss-reactive ketones (excluding diaryl/α,β-unsaturated/α-hetero) is 1. The van der Waals surface area contributed by atoms with Gasteiger partial charge in [0.15, 0.2) is 0 Å². The van der Waals surface area contributed by atoms with Gasteiger partial charge in [0.05, 0.1) is 19.2 Å². The van der Waals surface area contributed by atoms with Gasteiger partial charge >= 0.3 is 0 Å². The third-order valence-electron chi connectivity index (χ3n) is 5.45. The lowest BCUT2D eigenvalue weighted by Gasteiger charge is -2.42. The number of methoxy groups -OCH3 is 1. The summed E-state index contributed by atoms with van der Waals surface area (Å²) < 4.78 is 5.56. The molecule has 3 aromatic rings. The fraction of sp³-hybridized carbons (Fsp3) is 0.200. The fourth-order valence-corrected chi connectivity index (χ4v) is 4.10. The maximum Gasteiger partial charge on any atom is 0.254 e. The average Bonchev–Trinajstić information content (AvgIpc) is 2.79. The van der Waals surface area contributed by atoms with E-state index in [0.717, 1.165) is 11.1 Å². The average molecular weight is 385 g/mol. The Hall–Kier alpha value is -3.40. The van der Waals surface area contributed by atoms with Crippen molar-refractivity contribution in [2.24, 2.45) is 0 Å². The monoisotopic (exact) mass is 385 g/mol. The third kappa shape index (κ3) is 3.79. The van der Waals surface area contributed by atoms with Crippen LogP contribution in [0.5, 0.6) is 5.75 Å². The minimum atomic E-state index is -0.384. The van der Waals surface area contributed by atoms with E-state index < -0.39 is 0 Å². The van der Waals surface area contributed by atoms with E-state index in [2.05, 4.69) is 0 Å². The summed E-state index contributed by atoms with van der Waals surface area (Å²) in [4.78, 5) is 28.3. The van der Waals surface area contributed by atoms with Crippen molar-refractivity contribution in [3.63, 3.8) is 0 Å². The molecule has 0 radical (unpaired) electrons. The Morgan fingerprint density at radius 1 is 0.828 bits per heavy atom. The Balaban J connectivity index is 1.85. The number of para-hydroxylation sites is 1. The molecule has 0 aliphatic carbocycles. The molecule has 29 heavy (non-hydrogen) atoms.